The van der Waals surface area contributed by atoms with Gasteiger partial charge in [-0.15, -0.1) is 0 Å². The molecule has 1 aromatic carbocycles. The van der Waals surface area contributed by atoms with Gasteiger partial charge >= 0.3 is 6.03 Å². The lowest BCUT2D eigenvalue weighted by Crippen LogP contribution is -2.49. The van der Waals surface area contributed by atoms with Crippen LogP contribution in [0.25, 0.3) is 0 Å². The molecule has 3 aliphatic heterocycles. The molecule has 0 saturated carbocycles. The first-order valence-corrected chi connectivity index (χ1v) is 10.4. The summed E-state index contributed by atoms with van der Waals surface area (Å²) in [7, 11) is 0. The van der Waals surface area contributed by atoms with Crippen molar-refractivity contribution in [2.24, 2.45) is 0 Å². The molecule has 0 aromatic heterocycles. The fraction of sp³-hybridized carbons (Fsp3) is 0.650. The van der Waals surface area contributed by atoms with E-state index < -0.39 is 0 Å². The molecule has 1 spiro atoms. The van der Waals surface area contributed by atoms with Gasteiger partial charge in [-0.05, 0) is 50.3 Å². The third-order valence-corrected chi connectivity index (χ3v) is 6.10. The minimum Gasteiger partial charge on any atom is -0.378 e. The number of hydrogen-bond acceptors (Lipinski definition) is 4. The SMILES string of the molecule is O=C(Nc1ccc(N2CCCCC2)c(Cl)c1)N[C@H]1CCO[C@@]2(CCOC2)C1. The van der Waals surface area contributed by atoms with Crippen LogP contribution in [-0.4, -0.2) is 50.6 Å². The number of piperidine rings is 1. The molecule has 148 valence electrons. The summed E-state index contributed by atoms with van der Waals surface area (Å²) in [6.45, 7) is 4.11. The number of rotatable bonds is 3. The predicted molar refractivity (Wildman–Crippen MR) is 107 cm³/mol. The molecule has 6 nitrogen and oxygen atoms in total. The average molecular weight is 394 g/mol. The molecule has 0 bridgehead atoms. The highest BCUT2D eigenvalue weighted by atomic mass is 35.5. The Labute approximate surface area is 165 Å². The summed E-state index contributed by atoms with van der Waals surface area (Å²) < 4.78 is 11.4. The van der Waals surface area contributed by atoms with Crippen LogP contribution in [0.3, 0.4) is 0 Å². The van der Waals surface area contributed by atoms with Gasteiger partial charge in [-0.1, -0.05) is 11.6 Å². The van der Waals surface area contributed by atoms with E-state index in [2.05, 4.69) is 15.5 Å². The number of nitrogens with zero attached hydrogens (tertiary/aromatic N) is 1. The molecule has 2 N–H and O–H groups in total. The van der Waals surface area contributed by atoms with Gasteiger partial charge in [0.1, 0.15) is 0 Å². The lowest BCUT2D eigenvalue weighted by molar-refractivity contribution is -0.0877. The fourth-order valence-electron chi connectivity index (χ4n) is 4.34. The number of urea groups is 1. The van der Waals surface area contributed by atoms with E-state index in [0.717, 1.165) is 44.6 Å². The van der Waals surface area contributed by atoms with Crippen molar-refractivity contribution >= 4 is 29.0 Å². The number of carbonyl (C=O) groups excluding carboxylic acids is 1. The molecule has 2 atom stereocenters. The van der Waals surface area contributed by atoms with Crippen LogP contribution in [-0.2, 0) is 9.47 Å². The zero-order valence-electron chi connectivity index (χ0n) is 15.6. The highest BCUT2D eigenvalue weighted by Gasteiger charge is 2.41. The summed E-state index contributed by atoms with van der Waals surface area (Å²) in [6.07, 6.45) is 6.22. The Balaban J connectivity index is 1.33. The number of benzene rings is 1. The maximum atomic E-state index is 12.4. The van der Waals surface area contributed by atoms with Crippen molar-refractivity contribution in [3.8, 4) is 0 Å². The molecule has 3 saturated heterocycles. The van der Waals surface area contributed by atoms with Crippen LogP contribution in [0.5, 0.6) is 0 Å². The van der Waals surface area contributed by atoms with Crippen LogP contribution in [0.15, 0.2) is 18.2 Å². The Hall–Kier alpha value is -1.50. The number of halogens is 1. The molecule has 3 fully saturated rings. The van der Waals surface area contributed by atoms with E-state index in [9.17, 15) is 4.79 Å². The second-order valence-electron chi connectivity index (χ2n) is 7.84. The molecule has 3 heterocycles. The lowest BCUT2D eigenvalue weighted by atomic mass is 9.90. The first kappa shape index (κ1) is 18.8. The van der Waals surface area contributed by atoms with Gasteiger partial charge in [-0.3, -0.25) is 0 Å². The van der Waals surface area contributed by atoms with Crippen molar-refractivity contribution < 1.29 is 14.3 Å². The minimum absolute atomic E-state index is 0.101. The van der Waals surface area contributed by atoms with Crippen LogP contribution in [0.4, 0.5) is 16.2 Å². The average Bonchev–Trinajstić information content (AvgIpc) is 3.10. The maximum Gasteiger partial charge on any atom is 0.319 e. The highest BCUT2D eigenvalue weighted by Crippen LogP contribution is 2.33. The van der Waals surface area contributed by atoms with Crippen molar-refractivity contribution in [3.63, 3.8) is 0 Å². The molecule has 0 unspecified atom stereocenters. The fourth-order valence-corrected chi connectivity index (χ4v) is 4.64. The molecular weight excluding hydrogens is 366 g/mol. The summed E-state index contributed by atoms with van der Waals surface area (Å²) in [5.74, 6) is 0. The van der Waals surface area contributed by atoms with Gasteiger partial charge in [-0.2, -0.15) is 0 Å². The standard InChI is InChI=1S/C20H28ClN3O3/c21-17-12-15(4-5-18(17)24-8-2-1-3-9-24)22-19(25)23-16-6-10-27-20(13-16)7-11-26-14-20/h4-5,12,16H,1-3,6-11,13-14H2,(H2,22,23,25)/t16-,20-/m0/s1. The van der Waals surface area contributed by atoms with E-state index in [1.807, 2.05) is 18.2 Å². The third-order valence-electron chi connectivity index (χ3n) is 5.80. The number of carbonyl (C=O) groups is 1. The van der Waals surface area contributed by atoms with Gasteiger partial charge in [0, 0.05) is 44.5 Å². The number of amides is 2. The van der Waals surface area contributed by atoms with E-state index in [1.54, 1.807) is 0 Å². The van der Waals surface area contributed by atoms with Crippen LogP contribution in [0, 0.1) is 0 Å². The Kier molecular flexibility index (Phi) is 5.76. The van der Waals surface area contributed by atoms with Crippen molar-refractivity contribution in [2.75, 3.05) is 43.1 Å². The van der Waals surface area contributed by atoms with Gasteiger partial charge in [0.25, 0.3) is 0 Å². The Morgan fingerprint density at radius 3 is 2.81 bits per heavy atom. The molecule has 1 aromatic rings. The largest absolute Gasteiger partial charge is 0.378 e. The van der Waals surface area contributed by atoms with Crippen LogP contribution in [0.2, 0.25) is 5.02 Å². The summed E-state index contributed by atoms with van der Waals surface area (Å²) in [5, 5.41) is 6.67. The predicted octanol–water partition coefficient (Wildman–Crippen LogP) is 3.79. The molecule has 7 heteroatoms. The first-order chi connectivity index (χ1) is 13.1. The van der Waals surface area contributed by atoms with Crippen molar-refractivity contribution in [1.82, 2.24) is 5.32 Å². The van der Waals surface area contributed by atoms with E-state index >= 15 is 0 Å². The molecule has 4 rings (SSSR count). The quantitative estimate of drug-likeness (QED) is 0.820. The Morgan fingerprint density at radius 1 is 1.22 bits per heavy atom. The maximum absolute atomic E-state index is 12.4. The second kappa shape index (κ2) is 8.25. The minimum atomic E-state index is -0.213. The van der Waals surface area contributed by atoms with Crippen molar-refractivity contribution in [1.29, 1.82) is 0 Å². The van der Waals surface area contributed by atoms with E-state index in [0.29, 0.717) is 23.9 Å². The van der Waals surface area contributed by atoms with Gasteiger partial charge in [-0.25, -0.2) is 4.79 Å². The van der Waals surface area contributed by atoms with Crippen molar-refractivity contribution in [2.45, 2.75) is 50.2 Å². The Bertz CT molecular complexity index is 672. The summed E-state index contributed by atoms with van der Waals surface area (Å²) in [6, 6.07) is 5.66. The summed E-state index contributed by atoms with van der Waals surface area (Å²) in [5.41, 5.74) is 1.55. The molecule has 0 aliphatic carbocycles. The molecular formula is C20H28ClN3O3. The number of ether oxygens (including phenoxy) is 2. The van der Waals surface area contributed by atoms with Crippen LogP contribution in [0.1, 0.15) is 38.5 Å². The van der Waals surface area contributed by atoms with Crippen LogP contribution >= 0.6 is 11.6 Å². The van der Waals surface area contributed by atoms with E-state index in [-0.39, 0.29) is 17.7 Å². The monoisotopic (exact) mass is 393 g/mol. The van der Waals surface area contributed by atoms with Crippen molar-refractivity contribution in [3.05, 3.63) is 23.2 Å². The van der Waals surface area contributed by atoms with Gasteiger partial charge in [0.2, 0.25) is 0 Å². The van der Waals surface area contributed by atoms with Gasteiger partial charge < -0.3 is 25.0 Å². The van der Waals surface area contributed by atoms with E-state index in [1.165, 1.54) is 19.3 Å². The third kappa shape index (κ3) is 4.50. The Morgan fingerprint density at radius 2 is 2.07 bits per heavy atom. The zero-order valence-corrected chi connectivity index (χ0v) is 16.4. The number of anilines is 2. The lowest BCUT2D eigenvalue weighted by Gasteiger charge is -2.37. The summed E-state index contributed by atoms with van der Waals surface area (Å²) >= 11 is 6.48. The molecule has 2 amide bonds. The highest BCUT2D eigenvalue weighted by molar-refractivity contribution is 6.33. The molecule has 0 radical (unpaired) electrons. The smallest absolute Gasteiger partial charge is 0.319 e. The van der Waals surface area contributed by atoms with Gasteiger partial charge in [0.15, 0.2) is 0 Å². The molecule has 3 aliphatic rings. The zero-order chi connectivity index (χ0) is 18.7. The number of nitrogens with one attached hydrogen (secondary N) is 2. The van der Waals surface area contributed by atoms with E-state index in [4.69, 9.17) is 21.1 Å². The second-order valence-corrected chi connectivity index (χ2v) is 8.24. The summed E-state index contributed by atoms with van der Waals surface area (Å²) in [4.78, 5) is 14.8. The normalized spacial score (nSPS) is 28.3. The van der Waals surface area contributed by atoms with Gasteiger partial charge in [0.05, 0.1) is 22.9 Å². The topological polar surface area (TPSA) is 62.8 Å². The molecule has 27 heavy (non-hydrogen) atoms. The number of hydrogen-bond donors (Lipinski definition) is 2. The van der Waals surface area contributed by atoms with Crippen LogP contribution < -0.4 is 15.5 Å². The first-order valence-electron chi connectivity index (χ1n) is 9.97.